The molecule has 0 aliphatic rings. The van der Waals surface area contributed by atoms with E-state index < -0.39 is 0 Å². The van der Waals surface area contributed by atoms with E-state index in [1.807, 2.05) is 0 Å². The first-order valence-corrected chi connectivity index (χ1v) is 3.92. The third-order valence-electron chi connectivity index (χ3n) is 2.00. The Bertz CT molecular complexity index is 81.3. The Morgan fingerprint density at radius 2 is 1.70 bits per heavy atom. The van der Waals surface area contributed by atoms with E-state index >= 15 is 0 Å². The van der Waals surface area contributed by atoms with Gasteiger partial charge in [-0.2, -0.15) is 0 Å². The minimum absolute atomic E-state index is 0.641. The topological polar surface area (TPSA) is 29.3 Å². The number of nitrogens with two attached hydrogens (primary N) is 1. The summed E-state index contributed by atoms with van der Waals surface area (Å²) in [6.45, 7) is 6.39. The van der Waals surface area contributed by atoms with Gasteiger partial charge in [-0.3, -0.25) is 0 Å². The highest BCUT2D eigenvalue weighted by atomic mass is 15.1. The van der Waals surface area contributed by atoms with E-state index in [2.05, 4.69) is 32.8 Å². The van der Waals surface area contributed by atoms with Gasteiger partial charge >= 0.3 is 0 Å². The largest absolute Gasteiger partial charge is 0.330 e. The van der Waals surface area contributed by atoms with E-state index in [4.69, 9.17) is 5.73 Å². The van der Waals surface area contributed by atoms with E-state index in [-0.39, 0.29) is 0 Å². The van der Waals surface area contributed by atoms with Gasteiger partial charge in [0.05, 0.1) is 0 Å². The van der Waals surface area contributed by atoms with Crippen LogP contribution in [0.5, 0.6) is 0 Å². The molecule has 0 aromatic rings. The summed E-state index contributed by atoms with van der Waals surface area (Å²) < 4.78 is 0. The van der Waals surface area contributed by atoms with Gasteiger partial charge in [0, 0.05) is 6.54 Å². The maximum atomic E-state index is 5.53. The smallest absolute Gasteiger partial charge is 0.000394 e. The second-order valence-electron chi connectivity index (χ2n) is 3.45. The van der Waals surface area contributed by atoms with Gasteiger partial charge in [-0.1, -0.05) is 13.8 Å². The summed E-state index contributed by atoms with van der Waals surface area (Å²) in [5, 5.41) is 0. The Morgan fingerprint density at radius 1 is 1.20 bits per heavy atom. The monoisotopic (exact) mass is 144 g/mol. The molecule has 0 fully saturated rings. The summed E-state index contributed by atoms with van der Waals surface area (Å²) in [6.07, 6.45) is 0. The molecule has 0 aromatic carbocycles. The lowest BCUT2D eigenvalue weighted by Crippen LogP contribution is -2.28. The van der Waals surface area contributed by atoms with Gasteiger partial charge < -0.3 is 10.6 Å². The maximum Gasteiger partial charge on any atom is 0.000394 e. The van der Waals surface area contributed by atoms with Crippen LogP contribution in [0.1, 0.15) is 13.8 Å². The molecule has 0 saturated carbocycles. The number of hydrogen-bond acceptors (Lipinski definition) is 2. The first-order valence-electron chi connectivity index (χ1n) is 3.92. The number of rotatable bonds is 4. The highest BCUT2D eigenvalue weighted by Crippen LogP contribution is 2.08. The lowest BCUT2D eigenvalue weighted by molar-refractivity contribution is 0.279. The second kappa shape index (κ2) is 4.69. The van der Waals surface area contributed by atoms with Crippen LogP contribution in [0, 0.1) is 11.8 Å². The SMILES string of the molecule is CC(CN)C(C)CN(C)C. The van der Waals surface area contributed by atoms with Crippen molar-refractivity contribution in [2.75, 3.05) is 27.2 Å². The van der Waals surface area contributed by atoms with Gasteiger partial charge in [-0.25, -0.2) is 0 Å². The standard InChI is InChI=1S/C8H20N2/c1-7(5-9)8(2)6-10(3)4/h7-8H,5-6,9H2,1-4H3. The van der Waals surface area contributed by atoms with Gasteiger partial charge in [0.25, 0.3) is 0 Å². The molecule has 2 unspecified atom stereocenters. The van der Waals surface area contributed by atoms with Crippen LogP contribution in [0.4, 0.5) is 0 Å². The van der Waals surface area contributed by atoms with Crippen molar-refractivity contribution in [3.8, 4) is 0 Å². The minimum atomic E-state index is 0.641. The Balaban J connectivity index is 3.50. The highest BCUT2D eigenvalue weighted by Gasteiger charge is 2.10. The van der Waals surface area contributed by atoms with E-state index in [1.165, 1.54) is 0 Å². The molecule has 0 rings (SSSR count). The quantitative estimate of drug-likeness (QED) is 0.632. The molecule has 0 radical (unpaired) electrons. The lowest BCUT2D eigenvalue weighted by atomic mass is 9.96. The Kier molecular flexibility index (Phi) is 4.65. The molecule has 2 nitrogen and oxygen atoms in total. The third kappa shape index (κ3) is 3.85. The van der Waals surface area contributed by atoms with Crippen LogP contribution in [0.15, 0.2) is 0 Å². The third-order valence-corrected chi connectivity index (χ3v) is 2.00. The van der Waals surface area contributed by atoms with Crippen molar-refractivity contribution < 1.29 is 0 Å². The van der Waals surface area contributed by atoms with Crippen LogP contribution in [-0.4, -0.2) is 32.1 Å². The fraction of sp³-hybridized carbons (Fsp3) is 1.00. The van der Waals surface area contributed by atoms with Gasteiger partial charge in [0.1, 0.15) is 0 Å². The predicted molar refractivity (Wildman–Crippen MR) is 45.9 cm³/mol. The molecule has 2 N–H and O–H groups in total. The van der Waals surface area contributed by atoms with Crippen LogP contribution in [0.3, 0.4) is 0 Å². The fourth-order valence-electron chi connectivity index (χ4n) is 0.988. The van der Waals surface area contributed by atoms with Crippen LogP contribution in [0.2, 0.25) is 0 Å². The van der Waals surface area contributed by atoms with Crippen LogP contribution >= 0.6 is 0 Å². The maximum absolute atomic E-state index is 5.53. The van der Waals surface area contributed by atoms with Crippen molar-refractivity contribution in [2.24, 2.45) is 17.6 Å². The summed E-state index contributed by atoms with van der Waals surface area (Å²) in [6, 6.07) is 0. The minimum Gasteiger partial charge on any atom is -0.330 e. The molecule has 0 amide bonds. The van der Waals surface area contributed by atoms with Gasteiger partial charge in [0.2, 0.25) is 0 Å². The zero-order valence-corrected chi connectivity index (χ0v) is 7.59. The molecule has 2 atom stereocenters. The summed E-state index contributed by atoms with van der Waals surface area (Å²) in [5.41, 5.74) is 5.53. The van der Waals surface area contributed by atoms with Gasteiger partial charge in [-0.05, 0) is 32.5 Å². The molecular formula is C8H20N2. The van der Waals surface area contributed by atoms with Crippen LogP contribution in [-0.2, 0) is 0 Å². The van der Waals surface area contributed by atoms with Crippen molar-refractivity contribution in [1.29, 1.82) is 0 Å². The highest BCUT2D eigenvalue weighted by molar-refractivity contribution is 4.64. The van der Waals surface area contributed by atoms with Crippen molar-refractivity contribution in [1.82, 2.24) is 4.90 Å². The average Bonchev–Trinajstić information content (AvgIpc) is 1.85. The van der Waals surface area contributed by atoms with Gasteiger partial charge in [-0.15, -0.1) is 0 Å². The summed E-state index contributed by atoms with van der Waals surface area (Å²) in [4.78, 5) is 2.21. The van der Waals surface area contributed by atoms with Crippen LogP contribution in [0.25, 0.3) is 0 Å². The van der Waals surface area contributed by atoms with E-state index in [0.29, 0.717) is 11.8 Å². The molecule has 0 aliphatic heterocycles. The van der Waals surface area contributed by atoms with E-state index in [9.17, 15) is 0 Å². The molecule has 0 saturated heterocycles. The molecule has 62 valence electrons. The van der Waals surface area contributed by atoms with E-state index in [0.717, 1.165) is 13.1 Å². The molecule has 0 aromatic heterocycles. The number of hydrogen-bond donors (Lipinski definition) is 1. The first kappa shape index (κ1) is 9.92. The van der Waals surface area contributed by atoms with E-state index in [1.54, 1.807) is 0 Å². The fourth-order valence-corrected chi connectivity index (χ4v) is 0.988. The first-order chi connectivity index (χ1) is 4.57. The number of nitrogens with zero attached hydrogens (tertiary/aromatic N) is 1. The Morgan fingerprint density at radius 3 is 2.00 bits per heavy atom. The molecule has 0 heterocycles. The normalized spacial score (nSPS) is 17.4. The molecule has 0 bridgehead atoms. The molecule has 2 heteroatoms. The summed E-state index contributed by atoms with van der Waals surface area (Å²) in [5.74, 6) is 1.35. The molecular weight excluding hydrogens is 124 g/mol. The van der Waals surface area contributed by atoms with Crippen molar-refractivity contribution in [3.63, 3.8) is 0 Å². The Labute approximate surface area is 64.4 Å². The van der Waals surface area contributed by atoms with Crippen molar-refractivity contribution in [2.45, 2.75) is 13.8 Å². The molecule has 0 spiro atoms. The zero-order valence-electron chi connectivity index (χ0n) is 7.59. The lowest BCUT2D eigenvalue weighted by Gasteiger charge is -2.21. The zero-order chi connectivity index (χ0) is 8.15. The predicted octanol–water partition coefficient (Wildman–Crippen LogP) is 0.779. The van der Waals surface area contributed by atoms with Crippen LogP contribution < -0.4 is 5.73 Å². The van der Waals surface area contributed by atoms with Crippen molar-refractivity contribution in [3.05, 3.63) is 0 Å². The second-order valence-corrected chi connectivity index (χ2v) is 3.45. The summed E-state index contributed by atoms with van der Waals surface area (Å²) in [7, 11) is 4.19. The van der Waals surface area contributed by atoms with Crippen molar-refractivity contribution >= 4 is 0 Å². The molecule has 10 heavy (non-hydrogen) atoms. The average molecular weight is 144 g/mol. The van der Waals surface area contributed by atoms with Gasteiger partial charge in [0.15, 0.2) is 0 Å². The Hall–Kier alpha value is -0.0800. The summed E-state index contributed by atoms with van der Waals surface area (Å²) >= 11 is 0. The molecule has 0 aliphatic carbocycles.